The summed E-state index contributed by atoms with van der Waals surface area (Å²) in [5.41, 5.74) is -0.162. The van der Waals surface area contributed by atoms with E-state index in [1.807, 2.05) is 39.6 Å². The average Bonchev–Trinajstić information content (AvgIpc) is 2.71. The van der Waals surface area contributed by atoms with Crippen molar-refractivity contribution in [2.75, 3.05) is 22.6 Å². The molecule has 1 amide bonds. The number of hydrogen-bond acceptors (Lipinski definition) is 8. The third kappa shape index (κ3) is 5.63. The number of aromatic nitrogens is 3. The summed E-state index contributed by atoms with van der Waals surface area (Å²) in [6, 6.07) is 1.66. The number of rotatable bonds is 6. The first-order valence-corrected chi connectivity index (χ1v) is 11.8. The Hall–Kier alpha value is -3.15. The van der Waals surface area contributed by atoms with Gasteiger partial charge in [-0.15, -0.1) is 0 Å². The van der Waals surface area contributed by atoms with Gasteiger partial charge in [0.1, 0.15) is 29.3 Å². The SMILES string of the molecule is Cc1nc(NC2CC(Oc3ccc(C(F)(F)F)nc3)C2)nc2c1NC(=O)C([C@@H](C)OC(C)(C)C)N2C. The number of likely N-dealkylation sites (N-methyl/N-ethyl adjacent to an activating group) is 1. The van der Waals surface area contributed by atoms with E-state index in [4.69, 9.17) is 9.47 Å². The van der Waals surface area contributed by atoms with Crippen LogP contribution in [0.5, 0.6) is 5.75 Å². The first kappa shape index (κ1) is 25.9. The number of alkyl halides is 3. The van der Waals surface area contributed by atoms with Crippen molar-refractivity contribution in [1.82, 2.24) is 15.0 Å². The number of amides is 1. The number of anilines is 3. The van der Waals surface area contributed by atoms with Crippen molar-refractivity contribution in [3.8, 4) is 5.75 Å². The van der Waals surface area contributed by atoms with Crippen LogP contribution in [0.25, 0.3) is 0 Å². The summed E-state index contributed by atoms with van der Waals surface area (Å²) in [5, 5.41) is 6.21. The van der Waals surface area contributed by atoms with Gasteiger partial charge in [0.2, 0.25) is 11.9 Å². The monoisotopic (exact) mass is 508 g/mol. The molecule has 196 valence electrons. The van der Waals surface area contributed by atoms with Gasteiger partial charge < -0.3 is 25.0 Å². The molecule has 4 rings (SSSR count). The molecule has 0 saturated heterocycles. The van der Waals surface area contributed by atoms with E-state index in [1.165, 1.54) is 6.07 Å². The molecule has 1 saturated carbocycles. The summed E-state index contributed by atoms with van der Waals surface area (Å²) in [7, 11) is 1.81. The minimum atomic E-state index is -4.48. The lowest BCUT2D eigenvalue weighted by Crippen LogP contribution is -2.54. The van der Waals surface area contributed by atoms with Crippen LogP contribution in [0.2, 0.25) is 0 Å². The number of halogens is 3. The lowest BCUT2D eigenvalue weighted by Gasteiger charge is -2.40. The van der Waals surface area contributed by atoms with Crippen molar-refractivity contribution in [2.24, 2.45) is 0 Å². The number of fused-ring (bicyclic) bond motifs is 1. The van der Waals surface area contributed by atoms with Gasteiger partial charge in [-0.05, 0) is 46.8 Å². The van der Waals surface area contributed by atoms with Gasteiger partial charge in [-0.1, -0.05) is 0 Å². The average molecular weight is 509 g/mol. The van der Waals surface area contributed by atoms with E-state index < -0.39 is 23.5 Å². The van der Waals surface area contributed by atoms with E-state index in [-0.39, 0.29) is 24.2 Å². The summed E-state index contributed by atoms with van der Waals surface area (Å²) >= 11 is 0. The van der Waals surface area contributed by atoms with Crippen molar-refractivity contribution in [2.45, 2.75) is 83.5 Å². The highest BCUT2D eigenvalue weighted by atomic mass is 19.4. The molecular weight excluding hydrogens is 477 g/mol. The molecule has 3 heterocycles. The zero-order valence-electron chi connectivity index (χ0n) is 21.1. The van der Waals surface area contributed by atoms with Crippen molar-refractivity contribution in [1.29, 1.82) is 0 Å². The molecule has 1 unspecified atom stereocenters. The van der Waals surface area contributed by atoms with Gasteiger partial charge >= 0.3 is 6.18 Å². The number of nitrogens with one attached hydrogen (secondary N) is 2. The van der Waals surface area contributed by atoms with E-state index >= 15 is 0 Å². The summed E-state index contributed by atoms with van der Waals surface area (Å²) in [4.78, 5) is 27.2. The van der Waals surface area contributed by atoms with Crippen LogP contribution < -0.4 is 20.3 Å². The molecule has 12 heteroatoms. The summed E-state index contributed by atoms with van der Waals surface area (Å²) in [6.45, 7) is 9.49. The molecule has 2 aromatic heterocycles. The van der Waals surface area contributed by atoms with E-state index in [9.17, 15) is 18.0 Å². The molecule has 0 aromatic carbocycles. The van der Waals surface area contributed by atoms with Crippen molar-refractivity contribution in [3.63, 3.8) is 0 Å². The highest BCUT2D eigenvalue weighted by molar-refractivity contribution is 6.03. The lowest BCUT2D eigenvalue weighted by atomic mass is 9.89. The van der Waals surface area contributed by atoms with Crippen LogP contribution in [0.4, 0.5) is 30.6 Å². The van der Waals surface area contributed by atoms with Crippen molar-refractivity contribution < 1.29 is 27.4 Å². The predicted molar refractivity (Wildman–Crippen MR) is 128 cm³/mol. The van der Waals surface area contributed by atoms with Crippen molar-refractivity contribution >= 4 is 23.4 Å². The maximum Gasteiger partial charge on any atom is 0.433 e. The molecule has 1 aliphatic carbocycles. The van der Waals surface area contributed by atoms with Crippen LogP contribution in [0, 0.1) is 6.92 Å². The minimum Gasteiger partial charge on any atom is -0.489 e. The van der Waals surface area contributed by atoms with Crippen LogP contribution >= 0.6 is 0 Å². The molecule has 1 fully saturated rings. The Labute approximate surface area is 207 Å². The molecule has 0 bridgehead atoms. The zero-order valence-corrected chi connectivity index (χ0v) is 21.1. The van der Waals surface area contributed by atoms with Crippen molar-refractivity contribution in [3.05, 3.63) is 29.7 Å². The molecule has 1 aliphatic heterocycles. The fourth-order valence-corrected chi connectivity index (χ4v) is 4.45. The highest BCUT2D eigenvalue weighted by Gasteiger charge is 2.39. The fourth-order valence-electron chi connectivity index (χ4n) is 4.45. The predicted octanol–water partition coefficient (Wildman–Crippen LogP) is 4.18. The van der Waals surface area contributed by atoms with Crippen LogP contribution in [0.3, 0.4) is 0 Å². The number of pyridine rings is 1. The van der Waals surface area contributed by atoms with Gasteiger partial charge in [-0.2, -0.15) is 18.2 Å². The Bertz CT molecular complexity index is 1110. The molecule has 0 spiro atoms. The normalized spacial score (nSPS) is 22.9. The van der Waals surface area contributed by atoms with Crippen LogP contribution in [-0.4, -0.2) is 57.8 Å². The molecule has 2 aromatic rings. The van der Waals surface area contributed by atoms with E-state index in [1.54, 1.807) is 6.92 Å². The third-order valence-corrected chi connectivity index (χ3v) is 6.08. The molecule has 2 atom stereocenters. The quantitative estimate of drug-likeness (QED) is 0.599. The second-order valence-electron chi connectivity index (χ2n) is 10.2. The number of ether oxygens (including phenoxy) is 2. The van der Waals surface area contributed by atoms with Gasteiger partial charge in [0, 0.05) is 25.9 Å². The van der Waals surface area contributed by atoms with Gasteiger partial charge in [0.05, 0.1) is 23.6 Å². The summed E-state index contributed by atoms with van der Waals surface area (Å²) in [6.07, 6.45) is -2.66. The van der Waals surface area contributed by atoms with Gasteiger partial charge in [0.25, 0.3) is 0 Å². The van der Waals surface area contributed by atoms with Crippen LogP contribution in [-0.2, 0) is 15.7 Å². The number of nitrogens with zero attached hydrogens (tertiary/aromatic N) is 4. The highest BCUT2D eigenvalue weighted by Crippen LogP contribution is 2.36. The number of carbonyl (C=O) groups excluding carboxylic acids is 1. The second kappa shape index (κ2) is 9.38. The number of hydrogen-bond donors (Lipinski definition) is 2. The molecule has 9 nitrogen and oxygen atoms in total. The lowest BCUT2D eigenvalue weighted by molar-refractivity contribution is -0.141. The third-order valence-electron chi connectivity index (χ3n) is 6.08. The Morgan fingerprint density at radius 1 is 1.19 bits per heavy atom. The Balaban J connectivity index is 1.39. The largest absolute Gasteiger partial charge is 0.489 e. The molecule has 2 N–H and O–H groups in total. The van der Waals surface area contributed by atoms with Gasteiger partial charge in [0.15, 0.2) is 5.82 Å². The Kier molecular flexibility index (Phi) is 6.76. The Morgan fingerprint density at radius 3 is 2.47 bits per heavy atom. The summed E-state index contributed by atoms with van der Waals surface area (Å²) in [5.74, 6) is 1.15. The molecule has 36 heavy (non-hydrogen) atoms. The first-order chi connectivity index (χ1) is 16.7. The zero-order chi connectivity index (χ0) is 26.4. The summed E-state index contributed by atoms with van der Waals surface area (Å²) < 4.78 is 49.8. The topological polar surface area (TPSA) is 102 Å². The molecule has 0 radical (unpaired) electrons. The maximum atomic E-state index is 12.8. The maximum absolute atomic E-state index is 12.8. The van der Waals surface area contributed by atoms with E-state index in [2.05, 4.69) is 25.6 Å². The standard InChI is InChI=1S/C24H31F3N6O3/c1-12-18-20(33(6)19(21(34)31-18)13(2)36-23(3,4)5)32-22(29-12)30-14-9-16(10-14)35-15-7-8-17(28-11-15)24(25,26)27/h7-8,11,13-14,16,19H,9-10H2,1-6H3,(H,31,34)(H,29,30,32)/t13-,14?,16?,19?/m1/s1. The van der Waals surface area contributed by atoms with E-state index in [0.29, 0.717) is 41.7 Å². The molecular formula is C24H31F3N6O3. The number of aryl methyl sites for hydroxylation is 1. The first-order valence-electron chi connectivity index (χ1n) is 11.8. The minimum absolute atomic E-state index is 0.0392. The smallest absolute Gasteiger partial charge is 0.433 e. The van der Waals surface area contributed by atoms with Crippen LogP contribution in [0.1, 0.15) is 51.9 Å². The van der Waals surface area contributed by atoms with E-state index in [0.717, 1.165) is 12.3 Å². The van der Waals surface area contributed by atoms with Gasteiger partial charge in [-0.25, -0.2) is 9.97 Å². The van der Waals surface area contributed by atoms with Crippen LogP contribution in [0.15, 0.2) is 18.3 Å². The molecule has 2 aliphatic rings. The van der Waals surface area contributed by atoms with Gasteiger partial charge in [-0.3, -0.25) is 4.79 Å². The number of carbonyl (C=O) groups is 1. The Morgan fingerprint density at radius 2 is 1.89 bits per heavy atom. The fraction of sp³-hybridized carbons (Fsp3) is 0.583. The second-order valence-corrected chi connectivity index (χ2v) is 10.2.